The molecule has 1 fully saturated rings. The molecule has 0 aliphatic heterocycles. The first-order chi connectivity index (χ1) is 12.3. The zero-order valence-electron chi connectivity index (χ0n) is 14.3. The number of aromatic amines is 1. The molecule has 0 unspecified atom stereocenters. The normalized spacial score (nSPS) is 16.2. The van der Waals surface area contributed by atoms with Crippen LogP contribution in [0, 0.1) is 0 Å². The third-order valence-corrected chi connectivity index (χ3v) is 6.00. The van der Waals surface area contributed by atoms with Crippen LogP contribution in [0.15, 0.2) is 41.2 Å². The molecule has 1 aromatic carbocycles. The predicted octanol–water partition coefficient (Wildman–Crippen LogP) is 4.46. The molecule has 5 heteroatoms. The van der Waals surface area contributed by atoms with E-state index in [2.05, 4.69) is 22.4 Å². The van der Waals surface area contributed by atoms with Gasteiger partial charge in [0.2, 0.25) is 0 Å². The Bertz CT molecular complexity index is 892. The monoisotopic (exact) mass is 353 g/mol. The molecule has 0 bridgehead atoms. The highest BCUT2D eigenvalue weighted by atomic mass is 32.1. The van der Waals surface area contributed by atoms with Crippen LogP contribution in [0.5, 0.6) is 0 Å². The Morgan fingerprint density at radius 2 is 1.88 bits per heavy atom. The highest BCUT2D eigenvalue weighted by Crippen LogP contribution is 2.30. The summed E-state index contributed by atoms with van der Waals surface area (Å²) < 4.78 is 0. The van der Waals surface area contributed by atoms with Crippen LogP contribution in [0.3, 0.4) is 0 Å². The van der Waals surface area contributed by atoms with Crippen LogP contribution < -0.4 is 10.9 Å². The zero-order chi connectivity index (χ0) is 17.1. The van der Waals surface area contributed by atoms with Gasteiger partial charge in [-0.05, 0) is 24.5 Å². The SMILES string of the molecule is O=c1[nH]c(CNC2CCCCCC2)nc2sc(-c3ccccc3)cc12. The standard InChI is InChI=1S/C20H23N3OS/c24-19-16-12-17(14-8-4-3-5-9-14)25-20(16)23-18(22-19)13-21-15-10-6-1-2-7-11-15/h3-5,8-9,12,15,21H,1-2,6-7,10-11,13H2,(H,22,23,24). The van der Waals surface area contributed by atoms with Crippen LogP contribution in [0.25, 0.3) is 20.7 Å². The van der Waals surface area contributed by atoms with E-state index in [4.69, 9.17) is 4.98 Å². The Kier molecular flexibility index (Phi) is 4.95. The van der Waals surface area contributed by atoms with Crippen molar-refractivity contribution in [3.8, 4) is 10.4 Å². The van der Waals surface area contributed by atoms with Gasteiger partial charge in [-0.25, -0.2) is 4.98 Å². The second kappa shape index (κ2) is 7.50. The molecular weight excluding hydrogens is 330 g/mol. The van der Waals surface area contributed by atoms with Gasteiger partial charge in [0.15, 0.2) is 0 Å². The second-order valence-electron chi connectivity index (χ2n) is 6.78. The van der Waals surface area contributed by atoms with Gasteiger partial charge in [-0.2, -0.15) is 0 Å². The smallest absolute Gasteiger partial charge is 0.259 e. The van der Waals surface area contributed by atoms with E-state index in [-0.39, 0.29) is 5.56 Å². The van der Waals surface area contributed by atoms with E-state index in [0.29, 0.717) is 18.0 Å². The van der Waals surface area contributed by atoms with Gasteiger partial charge in [0.25, 0.3) is 5.56 Å². The molecule has 0 atom stereocenters. The lowest BCUT2D eigenvalue weighted by molar-refractivity contribution is 0.453. The Morgan fingerprint density at radius 3 is 2.64 bits per heavy atom. The molecule has 25 heavy (non-hydrogen) atoms. The molecule has 1 aliphatic carbocycles. The first-order valence-electron chi connectivity index (χ1n) is 9.11. The summed E-state index contributed by atoms with van der Waals surface area (Å²) in [5.74, 6) is 0.739. The fourth-order valence-corrected chi connectivity index (χ4v) is 4.59. The molecule has 0 radical (unpaired) electrons. The predicted molar refractivity (Wildman–Crippen MR) is 104 cm³/mol. The summed E-state index contributed by atoms with van der Waals surface area (Å²) in [4.78, 5) is 22.0. The Balaban J connectivity index is 1.55. The molecule has 2 heterocycles. The molecule has 3 aromatic rings. The van der Waals surface area contributed by atoms with Gasteiger partial charge in [0, 0.05) is 10.9 Å². The molecule has 0 spiro atoms. The van der Waals surface area contributed by atoms with Crippen molar-refractivity contribution in [3.05, 3.63) is 52.6 Å². The third kappa shape index (κ3) is 3.83. The average Bonchev–Trinajstić information content (AvgIpc) is 2.90. The maximum atomic E-state index is 12.4. The number of aromatic nitrogens is 2. The van der Waals surface area contributed by atoms with Crippen molar-refractivity contribution >= 4 is 21.6 Å². The number of rotatable bonds is 4. The number of nitrogens with zero attached hydrogens (tertiary/aromatic N) is 1. The maximum absolute atomic E-state index is 12.4. The molecule has 0 amide bonds. The lowest BCUT2D eigenvalue weighted by Crippen LogP contribution is -2.29. The van der Waals surface area contributed by atoms with Gasteiger partial charge in [-0.15, -0.1) is 11.3 Å². The van der Waals surface area contributed by atoms with E-state index in [9.17, 15) is 4.79 Å². The number of hydrogen-bond donors (Lipinski definition) is 2. The molecule has 1 aliphatic rings. The number of thiophene rings is 1. The van der Waals surface area contributed by atoms with Crippen molar-refractivity contribution in [3.63, 3.8) is 0 Å². The third-order valence-electron chi connectivity index (χ3n) is 4.92. The van der Waals surface area contributed by atoms with Crippen LogP contribution in [-0.2, 0) is 6.54 Å². The number of fused-ring (bicyclic) bond motifs is 1. The lowest BCUT2D eigenvalue weighted by atomic mass is 10.1. The van der Waals surface area contributed by atoms with E-state index >= 15 is 0 Å². The average molecular weight is 353 g/mol. The van der Waals surface area contributed by atoms with Gasteiger partial charge in [-0.3, -0.25) is 4.79 Å². The minimum absolute atomic E-state index is 0.0407. The van der Waals surface area contributed by atoms with E-state index in [0.717, 1.165) is 21.1 Å². The first-order valence-corrected chi connectivity index (χ1v) is 9.93. The van der Waals surface area contributed by atoms with Gasteiger partial charge in [0.1, 0.15) is 10.7 Å². The fourth-order valence-electron chi connectivity index (χ4n) is 3.53. The molecule has 2 aromatic heterocycles. The van der Waals surface area contributed by atoms with E-state index < -0.39 is 0 Å². The van der Waals surface area contributed by atoms with Crippen molar-refractivity contribution in [1.29, 1.82) is 0 Å². The van der Waals surface area contributed by atoms with E-state index in [1.54, 1.807) is 11.3 Å². The number of hydrogen-bond acceptors (Lipinski definition) is 4. The molecule has 130 valence electrons. The van der Waals surface area contributed by atoms with Crippen molar-refractivity contribution < 1.29 is 0 Å². The fraction of sp³-hybridized carbons (Fsp3) is 0.400. The van der Waals surface area contributed by atoms with Crippen LogP contribution in [-0.4, -0.2) is 16.0 Å². The molecule has 0 saturated heterocycles. The lowest BCUT2D eigenvalue weighted by Gasteiger charge is -2.15. The van der Waals surface area contributed by atoms with Crippen LogP contribution in [0.2, 0.25) is 0 Å². The summed E-state index contributed by atoms with van der Waals surface area (Å²) in [5, 5.41) is 4.26. The molecule has 4 nitrogen and oxygen atoms in total. The summed E-state index contributed by atoms with van der Waals surface area (Å²) in [6.07, 6.45) is 7.73. The Morgan fingerprint density at radius 1 is 1.12 bits per heavy atom. The van der Waals surface area contributed by atoms with Gasteiger partial charge >= 0.3 is 0 Å². The van der Waals surface area contributed by atoms with E-state index in [1.807, 2.05) is 24.3 Å². The quantitative estimate of drug-likeness (QED) is 0.681. The van der Waals surface area contributed by atoms with E-state index in [1.165, 1.54) is 38.5 Å². The van der Waals surface area contributed by atoms with Gasteiger partial charge < -0.3 is 10.3 Å². The topological polar surface area (TPSA) is 57.8 Å². The molecule has 2 N–H and O–H groups in total. The highest BCUT2D eigenvalue weighted by Gasteiger charge is 2.13. The minimum Gasteiger partial charge on any atom is -0.309 e. The molecular formula is C20H23N3OS. The van der Waals surface area contributed by atoms with Crippen molar-refractivity contribution in [1.82, 2.24) is 15.3 Å². The number of benzene rings is 1. The minimum atomic E-state index is -0.0407. The van der Waals surface area contributed by atoms with Crippen molar-refractivity contribution in [2.24, 2.45) is 0 Å². The highest BCUT2D eigenvalue weighted by molar-refractivity contribution is 7.21. The summed E-state index contributed by atoms with van der Waals surface area (Å²) in [7, 11) is 0. The van der Waals surface area contributed by atoms with Crippen LogP contribution >= 0.6 is 11.3 Å². The zero-order valence-corrected chi connectivity index (χ0v) is 15.1. The Labute approximate surface area is 151 Å². The maximum Gasteiger partial charge on any atom is 0.259 e. The van der Waals surface area contributed by atoms with Crippen molar-refractivity contribution in [2.45, 2.75) is 51.1 Å². The van der Waals surface area contributed by atoms with Crippen LogP contribution in [0.1, 0.15) is 44.3 Å². The molecule has 4 rings (SSSR count). The number of nitrogens with one attached hydrogen (secondary N) is 2. The van der Waals surface area contributed by atoms with Gasteiger partial charge in [0.05, 0.1) is 11.9 Å². The summed E-state index contributed by atoms with van der Waals surface area (Å²) in [6, 6.07) is 12.6. The summed E-state index contributed by atoms with van der Waals surface area (Å²) in [6.45, 7) is 0.633. The first kappa shape index (κ1) is 16.5. The van der Waals surface area contributed by atoms with Gasteiger partial charge in [-0.1, -0.05) is 56.0 Å². The largest absolute Gasteiger partial charge is 0.309 e. The Hall–Kier alpha value is -1.98. The number of H-pyrrole nitrogens is 1. The summed E-state index contributed by atoms with van der Waals surface area (Å²) in [5.41, 5.74) is 1.09. The summed E-state index contributed by atoms with van der Waals surface area (Å²) >= 11 is 1.58. The molecule has 1 saturated carbocycles. The second-order valence-corrected chi connectivity index (χ2v) is 7.81. The van der Waals surface area contributed by atoms with Crippen LogP contribution in [0.4, 0.5) is 0 Å². The van der Waals surface area contributed by atoms with Crippen molar-refractivity contribution in [2.75, 3.05) is 0 Å².